The molecule has 2 aromatic rings. The molecule has 0 unspecified atom stereocenters. The summed E-state index contributed by atoms with van der Waals surface area (Å²) in [6.45, 7) is 4.42. The maximum Gasteiger partial charge on any atom is 0.135 e. The van der Waals surface area contributed by atoms with Crippen LogP contribution in [-0.2, 0) is 6.54 Å². The molecule has 0 amide bonds. The molecule has 1 aliphatic carbocycles. The minimum atomic E-state index is 0.819. The van der Waals surface area contributed by atoms with Crippen molar-refractivity contribution >= 4 is 17.2 Å². The Kier molecular flexibility index (Phi) is 4.91. The first kappa shape index (κ1) is 16.4. The number of anilines is 3. The Hall–Kier alpha value is -2.03. The molecule has 0 radical (unpaired) electrons. The zero-order valence-corrected chi connectivity index (χ0v) is 15.2. The van der Waals surface area contributed by atoms with Gasteiger partial charge in [0.2, 0.25) is 0 Å². The number of pyridine rings is 1. The van der Waals surface area contributed by atoms with Gasteiger partial charge in [-0.2, -0.15) is 0 Å². The van der Waals surface area contributed by atoms with Crippen LogP contribution in [0.4, 0.5) is 17.2 Å². The van der Waals surface area contributed by atoms with Gasteiger partial charge in [-0.15, -0.1) is 0 Å². The minimum Gasteiger partial charge on any atom is -0.365 e. The molecule has 3 heteroatoms. The van der Waals surface area contributed by atoms with Crippen molar-refractivity contribution in [2.24, 2.45) is 11.8 Å². The Morgan fingerprint density at radius 1 is 1.04 bits per heavy atom. The van der Waals surface area contributed by atoms with Crippen LogP contribution >= 0.6 is 0 Å². The van der Waals surface area contributed by atoms with Gasteiger partial charge in [-0.05, 0) is 42.9 Å². The largest absolute Gasteiger partial charge is 0.365 e. The normalized spacial score (nSPS) is 22.5. The molecule has 0 bridgehead atoms. The molecule has 132 valence electrons. The van der Waals surface area contributed by atoms with Crippen LogP contribution < -0.4 is 10.2 Å². The second-order valence-corrected chi connectivity index (χ2v) is 7.71. The topological polar surface area (TPSA) is 28.2 Å². The Morgan fingerprint density at radius 3 is 2.68 bits per heavy atom. The third-order valence-corrected chi connectivity index (χ3v) is 5.89. The molecule has 1 saturated carbocycles. The highest BCUT2D eigenvalue weighted by molar-refractivity contribution is 5.77. The molecular weight excluding hydrogens is 306 g/mol. The highest BCUT2D eigenvalue weighted by Gasteiger charge is 2.25. The van der Waals surface area contributed by atoms with Crippen molar-refractivity contribution in [2.75, 3.05) is 16.8 Å². The number of para-hydroxylation sites is 2. The molecule has 0 saturated heterocycles. The highest BCUT2D eigenvalue weighted by Crippen LogP contribution is 2.37. The van der Waals surface area contributed by atoms with Crippen LogP contribution in [0.5, 0.6) is 0 Å². The quantitative estimate of drug-likeness (QED) is 0.771. The molecule has 1 fully saturated rings. The molecule has 3 nitrogen and oxygen atoms in total. The first-order valence-electron chi connectivity index (χ1n) is 9.88. The van der Waals surface area contributed by atoms with Gasteiger partial charge in [0.15, 0.2) is 0 Å². The van der Waals surface area contributed by atoms with Gasteiger partial charge in [0.1, 0.15) is 5.82 Å². The summed E-state index contributed by atoms with van der Waals surface area (Å²) in [5.74, 6) is 2.80. The standard InChI is InChI=1S/C22H29N3/c1-2-6-17-10-12-18(13-11-17)15-25-16-19-7-5-14-23-22(19)24-20-8-3-4-9-21(20)25/h3-5,7-9,14,17-18H,2,6,10-13,15-16H2,1H3,(H,23,24)/t17-,18-. The van der Waals surface area contributed by atoms with E-state index in [1.165, 1.54) is 55.5 Å². The Bertz CT molecular complexity index is 704. The molecule has 1 N–H and O–H groups in total. The van der Waals surface area contributed by atoms with Crippen molar-refractivity contribution in [2.45, 2.75) is 52.0 Å². The van der Waals surface area contributed by atoms with Crippen LogP contribution in [0.25, 0.3) is 0 Å². The lowest BCUT2D eigenvalue weighted by molar-refractivity contribution is 0.263. The molecule has 0 atom stereocenters. The van der Waals surface area contributed by atoms with Crippen molar-refractivity contribution in [3.8, 4) is 0 Å². The number of fused-ring (bicyclic) bond motifs is 2. The number of benzene rings is 1. The van der Waals surface area contributed by atoms with Gasteiger partial charge in [0.05, 0.1) is 11.4 Å². The third-order valence-electron chi connectivity index (χ3n) is 5.89. The third kappa shape index (κ3) is 3.65. The van der Waals surface area contributed by atoms with Crippen molar-refractivity contribution in [1.29, 1.82) is 0 Å². The minimum absolute atomic E-state index is 0.819. The van der Waals surface area contributed by atoms with E-state index in [0.717, 1.165) is 30.7 Å². The second kappa shape index (κ2) is 7.47. The lowest BCUT2D eigenvalue weighted by Gasteiger charge is -2.34. The zero-order chi connectivity index (χ0) is 17.1. The molecule has 2 aliphatic rings. The first-order valence-corrected chi connectivity index (χ1v) is 9.88. The number of rotatable bonds is 4. The van der Waals surface area contributed by atoms with Gasteiger partial charge in [-0.3, -0.25) is 0 Å². The maximum absolute atomic E-state index is 4.55. The Labute approximate surface area is 151 Å². The molecule has 0 spiro atoms. The number of hydrogen-bond donors (Lipinski definition) is 1. The van der Waals surface area contributed by atoms with Crippen LogP contribution in [0.1, 0.15) is 51.0 Å². The fourth-order valence-corrected chi connectivity index (χ4v) is 4.54. The molecular formula is C22H29N3. The van der Waals surface area contributed by atoms with Crippen LogP contribution in [0.15, 0.2) is 42.6 Å². The van der Waals surface area contributed by atoms with E-state index in [-0.39, 0.29) is 0 Å². The Balaban J connectivity index is 1.53. The van der Waals surface area contributed by atoms with E-state index < -0.39 is 0 Å². The molecule has 4 rings (SSSR count). The Morgan fingerprint density at radius 2 is 1.84 bits per heavy atom. The highest BCUT2D eigenvalue weighted by atomic mass is 15.2. The number of hydrogen-bond acceptors (Lipinski definition) is 3. The van der Waals surface area contributed by atoms with Gasteiger partial charge >= 0.3 is 0 Å². The first-order chi connectivity index (χ1) is 12.3. The van der Waals surface area contributed by atoms with Crippen molar-refractivity contribution in [1.82, 2.24) is 4.98 Å². The van der Waals surface area contributed by atoms with Crippen molar-refractivity contribution in [3.05, 3.63) is 48.2 Å². The van der Waals surface area contributed by atoms with E-state index in [2.05, 4.69) is 52.5 Å². The van der Waals surface area contributed by atoms with E-state index in [1.54, 1.807) is 0 Å². The summed E-state index contributed by atoms with van der Waals surface area (Å²) < 4.78 is 0. The van der Waals surface area contributed by atoms with Gasteiger partial charge < -0.3 is 10.2 Å². The number of aromatic nitrogens is 1. The summed E-state index contributed by atoms with van der Waals surface area (Å²) in [4.78, 5) is 7.12. The molecule has 2 heterocycles. The summed E-state index contributed by atoms with van der Waals surface area (Å²) in [6.07, 6.45) is 10.2. The van der Waals surface area contributed by atoms with E-state index >= 15 is 0 Å². The predicted octanol–water partition coefficient (Wildman–Crippen LogP) is 5.75. The van der Waals surface area contributed by atoms with E-state index in [0.29, 0.717) is 0 Å². The van der Waals surface area contributed by atoms with Crippen molar-refractivity contribution < 1.29 is 0 Å². The van der Waals surface area contributed by atoms with E-state index in [9.17, 15) is 0 Å². The number of nitrogens with one attached hydrogen (secondary N) is 1. The van der Waals surface area contributed by atoms with Crippen molar-refractivity contribution in [3.63, 3.8) is 0 Å². The fraction of sp³-hybridized carbons (Fsp3) is 0.500. The summed E-state index contributed by atoms with van der Waals surface area (Å²) in [5, 5.41) is 3.54. The second-order valence-electron chi connectivity index (χ2n) is 7.71. The SMILES string of the molecule is CCC[C@H]1CC[C@H](CN2Cc3cccnc3Nc3ccccc32)CC1. The molecule has 1 aromatic carbocycles. The maximum atomic E-state index is 4.55. The summed E-state index contributed by atoms with van der Waals surface area (Å²) in [5.41, 5.74) is 3.79. The average molecular weight is 335 g/mol. The van der Waals surface area contributed by atoms with Gasteiger partial charge in [0.25, 0.3) is 0 Å². The number of nitrogens with zero attached hydrogens (tertiary/aromatic N) is 2. The predicted molar refractivity (Wildman–Crippen MR) is 105 cm³/mol. The zero-order valence-electron chi connectivity index (χ0n) is 15.2. The van der Waals surface area contributed by atoms with E-state index in [4.69, 9.17) is 0 Å². The van der Waals surface area contributed by atoms with Gasteiger partial charge in [-0.1, -0.05) is 50.8 Å². The average Bonchev–Trinajstić information content (AvgIpc) is 2.80. The van der Waals surface area contributed by atoms with Gasteiger partial charge in [-0.25, -0.2) is 4.98 Å². The summed E-state index contributed by atoms with van der Waals surface area (Å²) >= 11 is 0. The van der Waals surface area contributed by atoms with Gasteiger partial charge in [0, 0.05) is 24.8 Å². The molecule has 1 aromatic heterocycles. The smallest absolute Gasteiger partial charge is 0.135 e. The van der Waals surface area contributed by atoms with Crippen LogP contribution in [-0.4, -0.2) is 11.5 Å². The van der Waals surface area contributed by atoms with Crippen LogP contribution in [0, 0.1) is 11.8 Å². The molecule has 1 aliphatic heterocycles. The van der Waals surface area contributed by atoms with Crippen LogP contribution in [0.2, 0.25) is 0 Å². The summed E-state index contributed by atoms with van der Waals surface area (Å²) in [7, 11) is 0. The van der Waals surface area contributed by atoms with E-state index in [1.807, 2.05) is 12.3 Å². The lowest BCUT2D eigenvalue weighted by atomic mass is 9.80. The summed E-state index contributed by atoms with van der Waals surface area (Å²) in [6, 6.07) is 12.9. The molecule has 25 heavy (non-hydrogen) atoms. The lowest BCUT2D eigenvalue weighted by Crippen LogP contribution is -2.31. The fourth-order valence-electron chi connectivity index (χ4n) is 4.54. The van der Waals surface area contributed by atoms with Crippen LogP contribution in [0.3, 0.4) is 0 Å². The monoisotopic (exact) mass is 335 g/mol.